The van der Waals surface area contributed by atoms with E-state index in [0.717, 1.165) is 22.5 Å². The second kappa shape index (κ2) is 7.27. The van der Waals surface area contributed by atoms with Crippen LogP contribution >= 0.6 is 0 Å². The highest BCUT2D eigenvalue weighted by molar-refractivity contribution is 6.30. The summed E-state index contributed by atoms with van der Waals surface area (Å²) in [6.07, 6.45) is 3.21. The Balaban J connectivity index is 1.95. The lowest BCUT2D eigenvalue weighted by atomic mass is 10.1. The predicted molar refractivity (Wildman–Crippen MR) is 104 cm³/mol. The van der Waals surface area contributed by atoms with Gasteiger partial charge in [-0.2, -0.15) is 10.1 Å². The Labute approximate surface area is 166 Å². The molecule has 9 heteroatoms. The minimum Gasteiger partial charge on any atom is -0.478 e. The largest absolute Gasteiger partial charge is 0.478 e. The predicted octanol–water partition coefficient (Wildman–Crippen LogP) is 2.79. The van der Waals surface area contributed by atoms with Crippen molar-refractivity contribution in [2.45, 2.75) is 20.8 Å². The van der Waals surface area contributed by atoms with Crippen molar-refractivity contribution in [1.82, 2.24) is 4.90 Å². The van der Waals surface area contributed by atoms with Crippen molar-refractivity contribution in [3.8, 4) is 0 Å². The van der Waals surface area contributed by atoms with Crippen LogP contribution in [0.3, 0.4) is 0 Å². The molecule has 2 heterocycles. The number of carboxylic acids is 2. The summed E-state index contributed by atoms with van der Waals surface area (Å²) in [6.45, 7) is 5.38. The highest BCUT2D eigenvalue weighted by atomic mass is 16.5. The van der Waals surface area contributed by atoms with Crippen LogP contribution in [-0.4, -0.2) is 45.7 Å². The molecule has 0 aromatic heterocycles. The number of allylic oxidation sites excluding steroid dienone is 4. The molecule has 1 aromatic rings. The molecule has 0 radical (unpaired) electrons. The van der Waals surface area contributed by atoms with E-state index < -0.39 is 17.8 Å². The van der Waals surface area contributed by atoms with Crippen LogP contribution in [0, 0.1) is 0 Å². The number of rotatable bonds is 4. The zero-order valence-corrected chi connectivity index (χ0v) is 16.3. The molecule has 0 saturated heterocycles. The molecule has 0 unspecified atom stereocenters. The summed E-state index contributed by atoms with van der Waals surface area (Å²) in [6, 6.07) is 3.43. The number of aromatic carboxylic acids is 2. The van der Waals surface area contributed by atoms with Crippen molar-refractivity contribution in [3.05, 3.63) is 64.4 Å². The van der Waals surface area contributed by atoms with Crippen molar-refractivity contribution in [2.75, 3.05) is 12.1 Å². The molecule has 1 aromatic carbocycles. The molecule has 0 atom stereocenters. The lowest BCUT2D eigenvalue weighted by molar-refractivity contribution is -0.114. The van der Waals surface area contributed by atoms with Gasteiger partial charge in [-0.15, -0.1) is 0 Å². The zero-order valence-electron chi connectivity index (χ0n) is 16.3. The van der Waals surface area contributed by atoms with Crippen molar-refractivity contribution in [2.24, 2.45) is 5.10 Å². The first-order valence-electron chi connectivity index (χ1n) is 8.63. The number of hydrogen-bond acceptors (Lipinski definition) is 6. The number of carboxylic acid groups (broad SMARTS) is 2. The molecule has 2 N–H and O–H groups in total. The number of benzene rings is 1. The van der Waals surface area contributed by atoms with Crippen LogP contribution in [0.1, 0.15) is 41.5 Å². The quantitative estimate of drug-likeness (QED) is 0.750. The molecule has 0 bridgehead atoms. The summed E-state index contributed by atoms with van der Waals surface area (Å²) in [4.78, 5) is 37.3. The second-order valence-corrected chi connectivity index (χ2v) is 6.57. The third-order valence-electron chi connectivity index (χ3n) is 4.71. The second-order valence-electron chi connectivity index (χ2n) is 6.57. The van der Waals surface area contributed by atoms with Crippen LogP contribution in [0.4, 0.5) is 5.69 Å². The van der Waals surface area contributed by atoms with Gasteiger partial charge in [0.25, 0.3) is 5.91 Å². The van der Waals surface area contributed by atoms with E-state index in [1.54, 1.807) is 19.1 Å². The first-order chi connectivity index (χ1) is 13.6. The summed E-state index contributed by atoms with van der Waals surface area (Å²) in [5.74, 6) is -1.80. The van der Waals surface area contributed by atoms with E-state index in [0.29, 0.717) is 11.6 Å². The Morgan fingerprint density at radius 3 is 2.10 bits per heavy atom. The smallest absolute Gasteiger partial charge is 0.335 e. The first-order valence-corrected chi connectivity index (χ1v) is 8.63. The zero-order chi connectivity index (χ0) is 21.5. The van der Waals surface area contributed by atoms with Crippen LogP contribution in [-0.2, 0) is 9.53 Å². The van der Waals surface area contributed by atoms with Gasteiger partial charge in [-0.25, -0.2) is 9.59 Å². The molecule has 0 fully saturated rings. The van der Waals surface area contributed by atoms with Gasteiger partial charge in [0.15, 0.2) is 5.88 Å². The maximum atomic E-state index is 12.8. The minimum atomic E-state index is -1.30. The van der Waals surface area contributed by atoms with Crippen LogP contribution in [0.2, 0.25) is 0 Å². The van der Waals surface area contributed by atoms with E-state index in [9.17, 15) is 24.6 Å². The number of nitrogens with zero attached hydrogens (tertiary/aromatic N) is 3. The van der Waals surface area contributed by atoms with Gasteiger partial charge in [0.1, 0.15) is 5.76 Å². The Morgan fingerprint density at radius 1 is 1.03 bits per heavy atom. The average molecular weight is 397 g/mol. The van der Waals surface area contributed by atoms with Crippen LogP contribution < -0.4 is 5.01 Å². The van der Waals surface area contributed by atoms with Crippen molar-refractivity contribution in [3.63, 3.8) is 0 Å². The number of ether oxygens (including phenoxy) is 1. The number of anilines is 1. The van der Waals surface area contributed by atoms with E-state index in [2.05, 4.69) is 5.10 Å². The molecule has 1 amide bonds. The third-order valence-corrected chi connectivity index (χ3v) is 4.71. The van der Waals surface area contributed by atoms with Gasteiger partial charge in [0.2, 0.25) is 0 Å². The minimum absolute atomic E-state index is 0.0605. The van der Waals surface area contributed by atoms with E-state index in [1.165, 1.54) is 12.1 Å². The van der Waals surface area contributed by atoms with Gasteiger partial charge < -0.3 is 19.8 Å². The highest BCUT2D eigenvalue weighted by Crippen LogP contribution is 2.28. The van der Waals surface area contributed by atoms with Gasteiger partial charge in [-0.05, 0) is 51.1 Å². The summed E-state index contributed by atoms with van der Waals surface area (Å²) >= 11 is 0. The van der Waals surface area contributed by atoms with Crippen LogP contribution in [0.25, 0.3) is 0 Å². The highest BCUT2D eigenvalue weighted by Gasteiger charge is 2.30. The molecular formula is C20H19N3O6. The topological polar surface area (TPSA) is 120 Å². The maximum absolute atomic E-state index is 12.8. The molecule has 29 heavy (non-hydrogen) atoms. The molecule has 2 aliphatic heterocycles. The fraction of sp³-hybridized carbons (Fsp3) is 0.200. The number of hydrazone groups is 1. The normalized spacial score (nSPS) is 19.3. The molecule has 2 aliphatic rings. The standard InChI is InChI=1S/C20H19N3O6/c1-10-16(5-6-17-22(4)11(2)12(3)29-17)18(24)23(21-10)15-8-13(19(25)26)7-14(9-15)20(27)28/h5-9H,1-4H3,(H,25,26)(H,27,28). The summed E-state index contributed by atoms with van der Waals surface area (Å²) in [5, 5.41) is 23.6. The fourth-order valence-corrected chi connectivity index (χ4v) is 2.87. The maximum Gasteiger partial charge on any atom is 0.335 e. The molecule has 0 spiro atoms. The molecular weight excluding hydrogens is 378 g/mol. The first kappa shape index (κ1) is 19.9. The van der Waals surface area contributed by atoms with E-state index >= 15 is 0 Å². The lowest BCUT2D eigenvalue weighted by Crippen LogP contribution is -2.22. The monoisotopic (exact) mass is 397 g/mol. The average Bonchev–Trinajstić information content (AvgIpc) is 3.09. The molecule has 0 saturated carbocycles. The summed E-state index contributed by atoms with van der Waals surface area (Å²) in [7, 11) is 1.84. The molecule has 150 valence electrons. The number of carbonyl (C=O) groups excluding carboxylic acids is 1. The van der Waals surface area contributed by atoms with E-state index in [4.69, 9.17) is 4.74 Å². The Bertz CT molecular complexity index is 1030. The van der Waals surface area contributed by atoms with Crippen molar-refractivity contribution >= 4 is 29.2 Å². The van der Waals surface area contributed by atoms with Gasteiger partial charge >= 0.3 is 11.9 Å². The van der Waals surface area contributed by atoms with Crippen molar-refractivity contribution < 1.29 is 29.3 Å². The Hall–Kier alpha value is -3.88. The van der Waals surface area contributed by atoms with Gasteiger partial charge in [-0.3, -0.25) is 4.79 Å². The van der Waals surface area contributed by atoms with E-state index in [-0.39, 0.29) is 22.4 Å². The van der Waals surface area contributed by atoms with Gasteiger partial charge in [0.05, 0.1) is 33.8 Å². The Kier molecular flexibility index (Phi) is 4.98. The summed E-state index contributed by atoms with van der Waals surface area (Å²) in [5.41, 5.74) is 1.20. The van der Waals surface area contributed by atoms with E-state index in [1.807, 2.05) is 25.8 Å². The fourth-order valence-electron chi connectivity index (χ4n) is 2.87. The van der Waals surface area contributed by atoms with Gasteiger partial charge in [0, 0.05) is 7.05 Å². The number of carbonyl (C=O) groups is 3. The van der Waals surface area contributed by atoms with Gasteiger partial charge in [-0.1, -0.05) is 0 Å². The molecule has 0 aliphatic carbocycles. The lowest BCUT2D eigenvalue weighted by Gasteiger charge is -2.13. The van der Waals surface area contributed by atoms with Crippen LogP contribution in [0.15, 0.2) is 58.4 Å². The number of hydrogen-bond donors (Lipinski definition) is 2. The SMILES string of the molecule is CC1=NN(c2cc(C(=O)O)cc(C(=O)O)c2)C(=O)C1=CC=C1OC(C)=C(C)N1C. The van der Waals surface area contributed by atoms with Crippen molar-refractivity contribution in [1.29, 1.82) is 0 Å². The van der Waals surface area contributed by atoms with Crippen LogP contribution in [0.5, 0.6) is 0 Å². The Morgan fingerprint density at radius 2 is 1.62 bits per heavy atom. The third kappa shape index (κ3) is 3.62. The number of amides is 1. The summed E-state index contributed by atoms with van der Waals surface area (Å²) < 4.78 is 5.64. The molecule has 3 rings (SSSR count). The molecule has 9 nitrogen and oxygen atoms in total.